The van der Waals surface area contributed by atoms with Crippen LogP contribution < -0.4 is 16.4 Å². The summed E-state index contributed by atoms with van der Waals surface area (Å²) in [7, 11) is -0.319. The minimum absolute atomic E-state index is 0.0282. The summed E-state index contributed by atoms with van der Waals surface area (Å²) in [6, 6.07) is 17.9. The first-order valence-corrected chi connectivity index (χ1v) is 19.8. The Labute approximate surface area is 320 Å². The molecule has 4 aromatic heterocycles. The third kappa shape index (κ3) is 8.15. The van der Waals surface area contributed by atoms with Gasteiger partial charge in [0, 0.05) is 81.9 Å². The molecule has 6 aromatic rings. The second kappa shape index (κ2) is 16.0. The molecule has 7 rings (SSSR count). The van der Waals surface area contributed by atoms with Gasteiger partial charge < -0.3 is 10.1 Å². The Kier molecular flexibility index (Phi) is 11.5. The summed E-state index contributed by atoms with van der Waals surface area (Å²) < 4.78 is 31.1. The lowest BCUT2D eigenvalue weighted by molar-refractivity contribution is -0.149. The Morgan fingerprint density at radius 1 is 0.796 bits per heavy atom. The predicted octanol–water partition coefficient (Wildman–Crippen LogP) is 6.24. The molecule has 1 saturated carbocycles. The Bertz CT molecular complexity index is 2620. The molecule has 0 saturated heterocycles. The standard InChI is InChI=1S/C23H25ClN4O3.C15H12ClN3O3S/c1-3-31-22(30)14-8-10-16(11-9-14)26-23-25-13-15-12-18(17-6-4-5-7-19(17)24)21(29)28(2)20(15)27-23;1-19-13-9(8-17-15(18-13)23(2,21)22)7-11(14(19)20)10-5-3-4-6-12(10)16/h4-7,12-14,16H,3,8-11H2,1-2H3,(H,25,26,27);3-8H,1-2H3. The van der Waals surface area contributed by atoms with Crippen LogP contribution in [0.3, 0.4) is 0 Å². The topological polar surface area (TPSA) is 168 Å². The Morgan fingerprint density at radius 3 is 1.80 bits per heavy atom. The number of nitrogens with one attached hydrogen (secondary N) is 1. The van der Waals surface area contributed by atoms with Gasteiger partial charge in [0.2, 0.25) is 20.9 Å². The van der Waals surface area contributed by atoms with Gasteiger partial charge in [-0.2, -0.15) is 9.97 Å². The number of aromatic nitrogens is 6. The van der Waals surface area contributed by atoms with Crippen LogP contribution in [-0.4, -0.2) is 62.4 Å². The quantitative estimate of drug-likeness (QED) is 0.144. The van der Waals surface area contributed by atoms with Gasteiger partial charge >= 0.3 is 5.97 Å². The number of ether oxygens (including phenoxy) is 1. The number of rotatable bonds is 7. The van der Waals surface area contributed by atoms with Crippen LogP contribution in [0.4, 0.5) is 5.95 Å². The normalized spacial score (nSPS) is 15.7. The van der Waals surface area contributed by atoms with Crippen molar-refractivity contribution in [1.82, 2.24) is 29.1 Å². The summed E-state index contributed by atoms with van der Waals surface area (Å²) in [5.74, 6) is 0.347. The number of halogens is 2. The minimum atomic E-state index is -3.55. The lowest BCUT2D eigenvalue weighted by atomic mass is 9.86. The first kappa shape index (κ1) is 38.5. The fraction of sp³-hybridized carbons (Fsp3) is 0.289. The minimum Gasteiger partial charge on any atom is -0.466 e. The highest BCUT2D eigenvalue weighted by Gasteiger charge is 2.27. The molecule has 0 atom stereocenters. The summed E-state index contributed by atoms with van der Waals surface area (Å²) in [6.07, 6.45) is 7.37. The van der Waals surface area contributed by atoms with Crippen molar-refractivity contribution in [2.24, 2.45) is 20.0 Å². The molecule has 13 nitrogen and oxygen atoms in total. The number of benzene rings is 2. The molecule has 0 unspecified atom stereocenters. The maximum Gasteiger partial charge on any atom is 0.308 e. The van der Waals surface area contributed by atoms with Gasteiger partial charge in [-0.1, -0.05) is 59.6 Å². The second-order valence-electron chi connectivity index (χ2n) is 12.9. The molecule has 0 spiro atoms. The van der Waals surface area contributed by atoms with Gasteiger partial charge in [-0.3, -0.25) is 23.5 Å². The zero-order chi connectivity index (χ0) is 38.7. The first-order valence-electron chi connectivity index (χ1n) is 17.1. The van der Waals surface area contributed by atoms with Crippen LogP contribution in [0.2, 0.25) is 10.0 Å². The Hall–Kier alpha value is -5.18. The smallest absolute Gasteiger partial charge is 0.308 e. The Morgan fingerprint density at radius 2 is 1.30 bits per heavy atom. The van der Waals surface area contributed by atoms with E-state index in [9.17, 15) is 22.8 Å². The number of esters is 1. The van der Waals surface area contributed by atoms with Gasteiger partial charge in [0.05, 0.1) is 12.5 Å². The summed E-state index contributed by atoms with van der Waals surface area (Å²) >= 11 is 12.5. The van der Waals surface area contributed by atoms with Crippen LogP contribution in [0.1, 0.15) is 32.6 Å². The molecule has 1 fully saturated rings. The molecular formula is C38H37Cl2N7O6S. The number of anilines is 1. The molecule has 1 aliphatic rings. The third-order valence-corrected chi connectivity index (χ3v) is 10.7. The van der Waals surface area contributed by atoms with E-state index in [2.05, 4.69) is 25.3 Å². The number of aryl methyl sites for hydroxylation is 2. The molecule has 0 aliphatic heterocycles. The number of sulfone groups is 1. The van der Waals surface area contributed by atoms with Crippen molar-refractivity contribution >= 4 is 67.0 Å². The number of pyridine rings is 2. The summed E-state index contributed by atoms with van der Waals surface area (Å²) in [5.41, 5.74) is 2.53. The van der Waals surface area contributed by atoms with E-state index >= 15 is 0 Å². The van der Waals surface area contributed by atoms with Gasteiger partial charge in [0.1, 0.15) is 11.3 Å². The van der Waals surface area contributed by atoms with E-state index in [1.165, 1.54) is 22.4 Å². The van der Waals surface area contributed by atoms with E-state index in [1.54, 1.807) is 55.7 Å². The molecule has 4 heterocycles. The van der Waals surface area contributed by atoms with Gasteiger partial charge in [-0.05, 0) is 56.9 Å². The van der Waals surface area contributed by atoms with Crippen LogP contribution >= 0.6 is 23.2 Å². The number of nitrogens with zero attached hydrogens (tertiary/aromatic N) is 6. The van der Waals surface area contributed by atoms with Crippen molar-refractivity contribution in [3.8, 4) is 22.3 Å². The summed E-state index contributed by atoms with van der Waals surface area (Å²) in [4.78, 5) is 54.4. The van der Waals surface area contributed by atoms with E-state index in [1.807, 2.05) is 25.1 Å². The average molecular weight is 791 g/mol. The van der Waals surface area contributed by atoms with E-state index in [4.69, 9.17) is 27.9 Å². The van der Waals surface area contributed by atoms with E-state index < -0.39 is 9.84 Å². The highest BCUT2D eigenvalue weighted by molar-refractivity contribution is 7.90. The molecular weight excluding hydrogens is 753 g/mol. The lowest BCUT2D eigenvalue weighted by Gasteiger charge is -2.27. The Balaban J connectivity index is 0.000000193. The number of carbonyl (C=O) groups is 1. The van der Waals surface area contributed by atoms with Gasteiger partial charge in [-0.15, -0.1) is 0 Å². The van der Waals surface area contributed by atoms with Gasteiger partial charge in [0.25, 0.3) is 11.1 Å². The fourth-order valence-corrected chi connectivity index (χ4v) is 7.36. The molecule has 2 aromatic carbocycles. The lowest BCUT2D eigenvalue weighted by Crippen LogP contribution is -2.31. The first-order chi connectivity index (χ1) is 25.8. The predicted molar refractivity (Wildman–Crippen MR) is 210 cm³/mol. The number of hydrogen-bond donors (Lipinski definition) is 1. The highest BCUT2D eigenvalue weighted by Crippen LogP contribution is 2.30. The highest BCUT2D eigenvalue weighted by atomic mass is 35.5. The van der Waals surface area contributed by atoms with E-state index in [0.717, 1.165) is 37.3 Å². The number of carbonyl (C=O) groups excluding carboxylic acids is 1. The summed E-state index contributed by atoms with van der Waals surface area (Å²) in [6.45, 7) is 2.24. The average Bonchev–Trinajstić information content (AvgIpc) is 3.15. The number of fused-ring (bicyclic) bond motifs is 2. The second-order valence-corrected chi connectivity index (χ2v) is 15.6. The fourth-order valence-electron chi connectivity index (χ4n) is 6.39. The van der Waals surface area contributed by atoms with Crippen LogP contribution in [0.15, 0.2) is 87.8 Å². The van der Waals surface area contributed by atoms with Crippen LogP contribution in [-0.2, 0) is 33.5 Å². The molecule has 0 bridgehead atoms. The summed E-state index contributed by atoms with van der Waals surface area (Å²) in [5, 5.41) is 5.33. The van der Waals surface area contributed by atoms with E-state index in [-0.39, 0.29) is 39.9 Å². The third-order valence-electron chi connectivity index (χ3n) is 9.21. The van der Waals surface area contributed by atoms with Crippen LogP contribution in [0.25, 0.3) is 44.3 Å². The molecule has 280 valence electrons. The molecule has 1 N–H and O–H groups in total. The van der Waals surface area contributed by atoms with Gasteiger partial charge in [-0.25, -0.2) is 18.4 Å². The monoisotopic (exact) mass is 789 g/mol. The van der Waals surface area contributed by atoms with Crippen molar-refractivity contribution in [2.45, 2.75) is 43.8 Å². The van der Waals surface area contributed by atoms with Crippen molar-refractivity contribution in [3.63, 3.8) is 0 Å². The molecule has 0 amide bonds. The van der Waals surface area contributed by atoms with Crippen LogP contribution in [0, 0.1) is 5.92 Å². The molecule has 1 aliphatic carbocycles. The number of hydrogen-bond acceptors (Lipinski definition) is 11. The largest absolute Gasteiger partial charge is 0.466 e. The SMILES string of the molecule is CCOC(=O)C1CCC(Nc2ncc3cc(-c4ccccc4Cl)c(=O)n(C)c3n2)CC1.Cn1c(=O)c(-c2ccccc2Cl)cc2cnc(S(C)(=O)=O)nc21. The van der Waals surface area contributed by atoms with Gasteiger partial charge in [0.15, 0.2) is 0 Å². The maximum atomic E-state index is 13.0. The molecule has 0 radical (unpaired) electrons. The molecule has 16 heteroatoms. The zero-order valence-electron chi connectivity index (χ0n) is 29.9. The maximum absolute atomic E-state index is 13.0. The van der Waals surface area contributed by atoms with Crippen molar-refractivity contribution < 1.29 is 17.9 Å². The van der Waals surface area contributed by atoms with E-state index in [0.29, 0.717) is 55.9 Å². The molecule has 54 heavy (non-hydrogen) atoms. The van der Waals surface area contributed by atoms with Crippen molar-refractivity contribution in [1.29, 1.82) is 0 Å². The zero-order valence-corrected chi connectivity index (χ0v) is 32.2. The van der Waals surface area contributed by atoms with Crippen molar-refractivity contribution in [3.05, 3.63) is 104 Å². The van der Waals surface area contributed by atoms with Crippen molar-refractivity contribution in [2.75, 3.05) is 18.2 Å². The van der Waals surface area contributed by atoms with Crippen LogP contribution in [0.5, 0.6) is 0 Å².